The van der Waals surface area contributed by atoms with Crippen molar-refractivity contribution in [1.82, 2.24) is 0 Å². The predicted molar refractivity (Wildman–Crippen MR) is 106 cm³/mol. The van der Waals surface area contributed by atoms with Crippen LogP contribution in [0.1, 0.15) is 45.2 Å². The summed E-state index contributed by atoms with van der Waals surface area (Å²) in [6.45, 7) is 4.63. The van der Waals surface area contributed by atoms with E-state index in [4.69, 9.17) is 0 Å². The predicted octanol–water partition coefficient (Wildman–Crippen LogP) is 6.29. The second-order valence-corrected chi connectivity index (χ2v) is 7.36. The Bertz CT molecular complexity index is 971. The number of allylic oxidation sites excluding steroid dienone is 8. The standard InChI is InChI=1S/C25H22/c1-16-17(2)24-21-14-8-7-13-20(21)15-22(24)25(19-11-5-6-12-19)23(16)18-9-3-4-10-18/h3-14,18-19H,15H2,1-2H3. The van der Waals surface area contributed by atoms with Gasteiger partial charge in [0.1, 0.15) is 0 Å². The lowest BCUT2D eigenvalue weighted by molar-refractivity contribution is 0.951. The summed E-state index contributed by atoms with van der Waals surface area (Å²) in [7, 11) is 0. The Morgan fingerprint density at radius 1 is 0.720 bits per heavy atom. The van der Waals surface area contributed by atoms with Crippen molar-refractivity contribution in [2.45, 2.75) is 32.1 Å². The third-order valence-corrected chi connectivity index (χ3v) is 6.08. The van der Waals surface area contributed by atoms with Crippen molar-refractivity contribution < 1.29 is 0 Å². The van der Waals surface area contributed by atoms with Crippen molar-refractivity contribution in [2.24, 2.45) is 0 Å². The summed E-state index contributed by atoms with van der Waals surface area (Å²) in [5.41, 5.74) is 11.9. The molecule has 122 valence electrons. The van der Waals surface area contributed by atoms with Crippen LogP contribution in [0.3, 0.4) is 0 Å². The van der Waals surface area contributed by atoms with E-state index in [0.717, 1.165) is 6.42 Å². The molecule has 0 spiro atoms. The summed E-state index contributed by atoms with van der Waals surface area (Å²) < 4.78 is 0. The Morgan fingerprint density at radius 2 is 1.32 bits per heavy atom. The molecule has 0 nitrogen and oxygen atoms in total. The average Bonchev–Trinajstić information content (AvgIpc) is 3.37. The molecule has 0 aromatic heterocycles. The molecule has 0 saturated carbocycles. The van der Waals surface area contributed by atoms with Crippen LogP contribution < -0.4 is 0 Å². The Kier molecular flexibility index (Phi) is 3.21. The summed E-state index contributed by atoms with van der Waals surface area (Å²) >= 11 is 0. The zero-order chi connectivity index (χ0) is 17.0. The first-order valence-electron chi connectivity index (χ1n) is 9.20. The molecule has 2 aromatic rings. The summed E-state index contributed by atoms with van der Waals surface area (Å²) in [4.78, 5) is 0. The Balaban J connectivity index is 1.85. The molecule has 3 aliphatic rings. The molecule has 0 heteroatoms. The molecule has 0 saturated heterocycles. The normalized spacial score (nSPS) is 17.7. The van der Waals surface area contributed by atoms with Gasteiger partial charge in [-0.15, -0.1) is 0 Å². The van der Waals surface area contributed by atoms with Gasteiger partial charge in [-0.3, -0.25) is 0 Å². The van der Waals surface area contributed by atoms with Gasteiger partial charge in [-0.05, 0) is 64.8 Å². The lowest BCUT2D eigenvalue weighted by atomic mass is 9.78. The van der Waals surface area contributed by atoms with E-state index in [-0.39, 0.29) is 0 Å². The molecule has 25 heavy (non-hydrogen) atoms. The fraction of sp³-hybridized carbons (Fsp3) is 0.200. The molecule has 3 aliphatic carbocycles. The summed E-state index contributed by atoms with van der Waals surface area (Å²) in [5.74, 6) is 0.810. The number of benzene rings is 2. The lowest BCUT2D eigenvalue weighted by Gasteiger charge is -2.25. The van der Waals surface area contributed by atoms with Crippen molar-refractivity contribution in [3.05, 3.63) is 106 Å². The topological polar surface area (TPSA) is 0 Å². The highest BCUT2D eigenvalue weighted by atomic mass is 14.3. The highest BCUT2D eigenvalue weighted by molar-refractivity contribution is 5.83. The van der Waals surface area contributed by atoms with Crippen LogP contribution in [0, 0.1) is 13.8 Å². The molecule has 0 N–H and O–H groups in total. The Labute approximate surface area is 149 Å². The molecule has 0 radical (unpaired) electrons. The van der Waals surface area contributed by atoms with E-state index in [1.54, 1.807) is 11.1 Å². The van der Waals surface area contributed by atoms with E-state index in [2.05, 4.69) is 86.7 Å². The van der Waals surface area contributed by atoms with Crippen molar-refractivity contribution >= 4 is 0 Å². The quantitative estimate of drug-likeness (QED) is 0.520. The summed E-state index contributed by atoms with van der Waals surface area (Å²) in [5, 5.41) is 0. The van der Waals surface area contributed by atoms with Gasteiger partial charge in [0.2, 0.25) is 0 Å². The first-order valence-corrected chi connectivity index (χ1v) is 9.20. The molecule has 0 fully saturated rings. The largest absolute Gasteiger partial charge is 0.0732 e. The van der Waals surface area contributed by atoms with Crippen LogP contribution in [0.2, 0.25) is 0 Å². The first kappa shape index (κ1) is 14.7. The maximum Gasteiger partial charge on any atom is 0.0211 e. The maximum atomic E-state index is 2.35. The van der Waals surface area contributed by atoms with E-state index in [0.29, 0.717) is 11.8 Å². The fourth-order valence-corrected chi connectivity index (χ4v) is 4.83. The van der Waals surface area contributed by atoms with Crippen LogP contribution in [-0.4, -0.2) is 0 Å². The van der Waals surface area contributed by atoms with Gasteiger partial charge >= 0.3 is 0 Å². The van der Waals surface area contributed by atoms with Gasteiger partial charge in [0.25, 0.3) is 0 Å². The molecule has 0 atom stereocenters. The molecule has 0 amide bonds. The highest BCUT2D eigenvalue weighted by Crippen LogP contribution is 2.48. The van der Waals surface area contributed by atoms with Crippen molar-refractivity contribution in [3.63, 3.8) is 0 Å². The van der Waals surface area contributed by atoms with Crippen LogP contribution in [0.25, 0.3) is 11.1 Å². The molecular weight excluding hydrogens is 300 g/mol. The molecule has 5 rings (SSSR count). The van der Waals surface area contributed by atoms with Crippen molar-refractivity contribution in [2.75, 3.05) is 0 Å². The summed E-state index contributed by atoms with van der Waals surface area (Å²) in [6.07, 6.45) is 19.2. The Hall–Kier alpha value is -2.60. The van der Waals surface area contributed by atoms with Gasteiger partial charge in [-0.25, -0.2) is 0 Å². The Morgan fingerprint density at radius 3 is 2.00 bits per heavy atom. The van der Waals surface area contributed by atoms with Crippen LogP contribution in [0.5, 0.6) is 0 Å². The van der Waals surface area contributed by atoms with Gasteiger partial charge in [-0.1, -0.05) is 72.9 Å². The molecule has 0 unspecified atom stereocenters. The highest BCUT2D eigenvalue weighted by Gasteiger charge is 2.31. The number of fused-ring (bicyclic) bond motifs is 3. The number of rotatable bonds is 2. The minimum atomic E-state index is 0.403. The average molecular weight is 322 g/mol. The van der Waals surface area contributed by atoms with E-state index in [1.165, 1.54) is 33.4 Å². The molecule has 2 aromatic carbocycles. The van der Waals surface area contributed by atoms with E-state index >= 15 is 0 Å². The third kappa shape index (κ3) is 2.07. The van der Waals surface area contributed by atoms with Gasteiger partial charge in [0, 0.05) is 11.8 Å². The fourth-order valence-electron chi connectivity index (χ4n) is 4.83. The minimum absolute atomic E-state index is 0.403. The van der Waals surface area contributed by atoms with Gasteiger partial charge < -0.3 is 0 Å². The van der Waals surface area contributed by atoms with Crippen LogP contribution in [0.15, 0.2) is 72.9 Å². The van der Waals surface area contributed by atoms with E-state index < -0.39 is 0 Å². The first-order chi connectivity index (χ1) is 12.3. The maximum absolute atomic E-state index is 2.35. The molecular formula is C25H22. The van der Waals surface area contributed by atoms with E-state index in [9.17, 15) is 0 Å². The number of hydrogen-bond acceptors (Lipinski definition) is 0. The van der Waals surface area contributed by atoms with Crippen LogP contribution in [0.4, 0.5) is 0 Å². The second kappa shape index (κ2) is 5.46. The molecule has 0 bridgehead atoms. The SMILES string of the molecule is Cc1c(C)c(C2C=CC=C2)c(C2C=CC=C2)c2c1-c1ccccc1C2. The van der Waals surface area contributed by atoms with E-state index in [1.807, 2.05) is 0 Å². The van der Waals surface area contributed by atoms with Crippen molar-refractivity contribution in [3.8, 4) is 11.1 Å². The monoisotopic (exact) mass is 322 g/mol. The number of hydrogen-bond donors (Lipinski definition) is 0. The molecule has 0 aliphatic heterocycles. The van der Waals surface area contributed by atoms with Crippen LogP contribution in [-0.2, 0) is 6.42 Å². The molecule has 0 heterocycles. The lowest BCUT2D eigenvalue weighted by Crippen LogP contribution is -2.09. The van der Waals surface area contributed by atoms with Crippen molar-refractivity contribution in [1.29, 1.82) is 0 Å². The van der Waals surface area contributed by atoms with Gasteiger partial charge in [0.15, 0.2) is 0 Å². The second-order valence-electron chi connectivity index (χ2n) is 7.36. The minimum Gasteiger partial charge on any atom is -0.0732 e. The van der Waals surface area contributed by atoms with Gasteiger partial charge in [0.05, 0.1) is 0 Å². The van der Waals surface area contributed by atoms with Gasteiger partial charge in [-0.2, -0.15) is 0 Å². The zero-order valence-corrected chi connectivity index (χ0v) is 14.8. The summed E-state index contributed by atoms with van der Waals surface area (Å²) in [6, 6.07) is 8.94. The smallest absolute Gasteiger partial charge is 0.0211 e. The van der Waals surface area contributed by atoms with Crippen LogP contribution >= 0.6 is 0 Å². The zero-order valence-electron chi connectivity index (χ0n) is 14.8. The third-order valence-electron chi connectivity index (χ3n) is 6.08.